The van der Waals surface area contributed by atoms with Crippen molar-refractivity contribution in [3.8, 4) is 22.5 Å². The highest BCUT2D eigenvalue weighted by atomic mass is 16.6. The fourth-order valence-corrected chi connectivity index (χ4v) is 5.26. The van der Waals surface area contributed by atoms with Crippen molar-refractivity contribution >= 4 is 23.4 Å². The van der Waals surface area contributed by atoms with Gasteiger partial charge in [0.15, 0.2) is 0 Å². The number of amides is 1. The number of anilines is 3. The minimum absolute atomic E-state index is 0. The van der Waals surface area contributed by atoms with Crippen molar-refractivity contribution in [2.45, 2.75) is 39.3 Å². The fraction of sp³-hybridized carbons (Fsp3) is 0.286. The molecule has 0 radical (unpaired) electrons. The summed E-state index contributed by atoms with van der Waals surface area (Å²) in [5, 5.41) is 8.28. The van der Waals surface area contributed by atoms with Gasteiger partial charge in [0.05, 0.1) is 5.69 Å². The highest BCUT2D eigenvalue weighted by molar-refractivity contribution is 5.78. The number of rotatable bonds is 8. The van der Waals surface area contributed by atoms with Gasteiger partial charge < -0.3 is 19.9 Å². The molecule has 0 spiro atoms. The van der Waals surface area contributed by atoms with Gasteiger partial charge in [0.2, 0.25) is 5.95 Å². The van der Waals surface area contributed by atoms with Crippen molar-refractivity contribution in [2.75, 3.05) is 36.4 Å². The van der Waals surface area contributed by atoms with Gasteiger partial charge in [-0.2, -0.15) is 5.10 Å². The van der Waals surface area contributed by atoms with Crippen molar-refractivity contribution in [1.82, 2.24) is 29.6 Å². The molecule has 4 heterocycles. The molecule has 1 N–H and O–H groups in total. The van der Waals surface area contributed by atoms with Crippen LogP contribution in [-0.2, 0) is 17.7 Å². The lowest BCUT2D eigenvalue weighted by Crippen LogP contribution is -2.50. The van der Waals surface area contributed by atoms with E-state index in [1.165, 1.54) is 5.56 Å². The van der Waals surface area contributed by atoms with E-state index in [0.717, 1.165) is 59.9 Å². The van der Waals surface area contributed by atoms with Gasteiger partial charge in [-0.1, -0.05) is 30.3 Å². The first-order valence-electron chi connectivity index (χ1n) is 15.3. The molecule has 1 amide bonds. The predicted molar refractivity (Wildman–Crippen MR) is 178 cm³/mol. The van der Waals surface area contributed by atoms with Crippen molar-refractivity contribution < 1.29 is 11.0 Å². The number of nitrogens with one attached hydrogen (secondary N) is 1. The predicted octanol–water partition coefficient (Wildman–Crippen LogP) is 6.69. The Morgan fingerprint density at radius 3 is 2.42 bits per heavy atom. The third-order valence-corrected chi connectivity index (χ3v) is 7.52. The molecule has 5 aromatic rings. The van der Waals surface area contributed by atoms with Crippen LogP contribution in [0.2, 0.25) is 0 Å². The second-order valence-electron chi connectivity index (χ2n) is 12.0. The Morgan fingerprint density at radius 1 is 0.933 bits per heavy atom. The van der Waals surface area contributed by atoms with Crippen molar-refractivity contribution in [1.29, 1.82) is 0 Å². The van der Waals surface area contributed by atoms with Gasteiger partial charge in [-0.15, -0.1) is 0 Å². The minimum Gasteiger partial charge on any atom is -0.444 e. The number of aryl methyl sites for hydroxylation is 2. The van der Waals surface area contributed by atoms with Crippen molar-refractivity contribution in [3.05, 3.63) is 103 Å². The number of ether oxygens (including phenoxy) is 1. The zero-order valence-electron chi connectivity index (χ0n) is 25.9. The van der Waals surface area contributed by atoms with Crippen LogP contribution in [0.3, 0.4) is 0 Å². The number of carbonyl (C=O) groups is 1. The molecule has 1 aliphatic heterocycles. The van der Waals surface area contributed by atoms with Gasteiger partial charge in [0, 0.05) is 81.4 Å². The first-order chi connectivity index (χ1) is 21.8. The van der Waals surface area contributed by atoms with Crippen LogP contribution >= 0.6 is 0 Å². The molecular formula is C35H40N8O2. The molecule has 232 valence electrons. The van der Waals surface area contributed by atoms with E-state index in [1.54, 1.807) is 17.3 Å². The number of hydrogen-bond acceptors (Lipinski definition) is 8. The maximum absolute atomic E-state index is 12.4. The zero-order chi connectivity index (χ0) is 31.2. The Bertz CT molecular complexity index is 1720. The van der Waals surface area contributed by atoms with Crippen LogP contribution in [0.5, 0.6) is 0 Å². The van der Waals surface area contributed by atoms with Crippen LogP contribution < -0.4 is 10.2 Å². The molecule has 0 saturated carbocycles. The van der Waals surface area contributed by atoms with E-state index in [9.17, 15) is 4.79 Å². The Balaban J connectivity index is 0.00000417. The summed E-state index contributed by atoms with van der Waals surface area (Å²) in [6.45, 7) is 9.15. The van der Waals surface area contributed by atoms with Crippen molar-refractivity contribution in [2.24, 2.45) is 0 Å². The van der Waals surface area contributed by atoms with Crippen LogP contribution in [0.25, 0.3) is 22.5 Å². The molecule has 0 atom stereocenters. The Morgan fingerprint density at radius 2 is 1.71 bits per heavy atom. The summed E-state index contributed by atoms with van der Waals surface area (Å²) in [7, 11) is 0. The second-order valence-corrected chi connectivity index (χ2v) is 12.0. The lowest BCUT2D eigenvalue weighted by Gasteiger charge is -2.36. The number of nitrogens with zero attached hydrogens (tertiary/aromatic N) is 7. The largest absolute Gasteiger partial charge is 0.444 e. The van der Waals surface area contributed by atoms with Gasteiger partial charge in [0.25, 0.3) is 0 Å². The molecule has 0 unspecified atom stereocenters. The zero-order valence-corrected chi connectivity index (χ0v) is 25.9. The van der Waals surface area contributed by atoms with E-state index in [2.05, 4.69) is 62.8 Å². The second kappa shape index (κ2) is 13.2. The topological polar surface area (TPSA) is 101 Å². The number of aromatic nitrogens is 5. The molecule has 1 aliphatic rings. The average Bonchev–Trinajstić information content (AvgIpc) is 3.49. The summed E-state index contributed by atoms with van der Waals surface area (Å²) in [6.07, 6.45) is 8.02. The Hall–Kier alpha value is -5.25. The summed E-state index contributed by atoms with van der Waals surface area (Å²) < 4.78 is 7.50. The van der Waals surface area contributed by atoms with Gasteiger partial charge in [-0.3, -0.25) is 9.67 Å². The first-order valence-corrected chi connectivity index (χ1v) is 15.3. The molecule has 1 saturated heterocycles. The van der Waals surface area contributed by atoms with E-state index in [0.29, 0.717) is 19.0 Å². The number of hydrogen-bond donors (Lipinski definition) is 1. The molecule has 6 rings (SSSR count). The van der Waals surface area contributed by atoms with Crippen LogP contribution in [0.15, 0.2) is 97.6 Å². The maximum atomic E-state index is 12.4. The number of pyridine rings is 1. The molecule has 0 aliphatic carbocycles. The Labute approximate surface area is 265 Å². The summed E-state index contributed by atoms with van der Waals surface area (Å²) in [6, 6.07) is 24.4. The lowest BCUT2D eigenvalue weighted by molar-refractivity contribution is 0.0240. The third kappa shape index (κ3) is 7.64. The van der Waals surface area contributed by atoms with Crippen LogP contribution in [-0.4, -0.2) is 67.5 Å². The fourth-order valence-electron chi connectivity index (χ4n) is 5.26. The molecule has 10 nitrogen and oxygen atoms in total. The van der Waals surface area contributed by atoms with Crippen LogP contribution in [0, 0.1) is 0 Å². The normalized spacial score (nSPS) is 13.5. The van der Waals surface area contributed by atoms with Crippen molar-refractivity contribution in [3.63, 3.8) is 0 Å². The highest BCUT2D eigenvalue weighted by Gasteiger charge is 2.26. The quantitative estimate of drug-likeness (QED) is 0.209. The average molecular weight is 605 g/mol. The molecular weight excluding hydrogens is 564 g/mol. The summed E-state index contributed by atoms with van der Waals surface area (Å²) in [5.41, 5.74) is 6.21. The molecule has 45 heavy (non-hydrogen) atoms. The van der Waals surface area contributed by atoms with Crippen LogP contribution in [0.4, 0.5) is 22.1 Å². The molecule has 10 heteroatoms. The molecule has 1 fully saturated rings. The smallest absolute Gasteiger partial charge is 0.410 e. The number of piperazine rings is 1. The van der Waals surface area contributed by atoms with E-state index in [-0.39, 0.29) is 7.52 Å². The monoisotopic (exact) mass is 604 g/mol. The lowest BCUT2D eigenvalue weighted by atomic mass is 10.1. The van der Waals surface area contributed by atoms with E-state index in [1.807, 2.05) is 68.0 Å². The Kier molecular flexibility index (Phi) is 8.72. The van der Waals surface area contributed by atoms with Gasteiger partial charge >= 0.3 is 6.09 Å². The summed E-state index contributed by atoms with van der Waals surface area (Å²) >= 11 is 0. The van der Waals surface area contributed by atoms with E-state index >= 15 is 0 Å². The molecule has 2 aromatic carbocycles. The summed E-state index contributed by atoms with van der Waals surface area (Å²) in [4.78, 5) is 30.1. The third-order valence-electron chi connectivity index (χ3n) is 7.52. The van der Waals surface area contributed by atoms with Crippen LogP contribution in [0.1, 0.15) is 27.8 Å². The molecule has 3 aromatic heterocycles. The van der Waals surface area contributed by atoms with E-state index in [4.69, 9.17) is 14.8 Å². The van der Waals surface area contributed by atoms with Gasteiger partial charge in [-0.25, -0.2) is 14.8 Å². The molecule has 0 bridgehead atoms. The summed E-state index contributed by atoms with van der Waals surface area (Å²) in [5.74, 6) is 0.500. The number of carbonyl (C=O) groups excluding carboxylic acids is 1. The van der Waals surface area contributed by atoms with E-state index < -0.39 is 5.60 Å². The standard InChI is InChI=1S/C35H38N8O2.H2/c1-35(2,3)45-34(44)42-22-20-41(21-23-42)29-13-11-28(12-14-29)38-33-37-18-15-31(39-33)30-25-43(19-16-26-8-5-4-6-9-26)40-32(30)27-10-7-17-36-24-27;/h4-15,17-18,24-25H,16,19-23H2,1-3H3,(H,37,38,39);1H. The first kappa shape index (κ1) is 29.8. The SMILES string of the molecule is CC(C)(C)OC(=O)N1CCN(c2ccc(Nc3nccc(-c4cn(CCc5ccccc5)nc4-c4cccnc4)n3)cc2)CC1.[HH]. The maximum Gasteiger partial charge on any atom is 0.410 e. The highest BCUT2D eigenvalue weighted by Crippen LogP contribution is 2.30. The minimum atomic E-state index is -0.494. The van der Waals surface area contributed by atoms with Gasteiger partial charge in [-0.05, 0) is 75.2 Å². The van der Waals surface area contributed by atoms with Gasteiger partial charge in [0.1, 0.15) is 11.3 Å². The number of benzene rings is 2.